The minimum Gasteiger partial charge on any atom is -0.454 e. The number of nitrogens with zero attached hydrogens (tertiary/aromatic N) is 4. The molecule has 0 bridgehead atoms. The first kappa shape index (κ1) is 32.9. The van der Waals surface area contributed by atoms with Gasteiger partial charge in [0.25, 0.3) is 0 Å². The van der Waals surface area contributed by atoms with Crippen molar-refractivity contribution in [1.82, 2.24) is 19.5 Å². The lowest BCUT2D eigenvalue weighted by Crippen LogP contribution is -2.02. The van der Waals surface area contributed by atoms with Crippen LogP contribution in [0.5, 0.6) is 0 Å². The van der Waals surface area contributed by atoms with Crippen molar-refractivity contribution in [2.24, 2.45) is 0 Å². The Bertz CT molecular complexity index is 3910. The van der Waals surface area contributed by atoms with Crippen LogP contribution in [0, 0.1) is 0 Å². The number of rotatable bonds is 4. The smallest absolute Gasteiger partial charge is 0.164 e. The van der Waals surface area contributed by atoms with Gasteiger partial charge in [-0.2, -0.15) is 0 Å². The molecule has 0 amide bonds. The van der Waals surface area contributed by atoms with Gasteiger partial charge in [0.05, 0.1) is 16.7 Å². The van der Waals surface area contributed by atoms with Gasteiger partial charge in [-0.05, 0) is 91.6 Å². The summed E-state index contributed by atoms with van der Waals surface area (Å²) in [4.78, 5) is 16.1. The SMILES string of the molecule is c1ccc2cc(-c3nc(-c4cc(-n5c6ccccc6c6cc7ccccc7cc65)c5oc6ccccc6c5c4)nc(-c4cc5ccccc5c5ccccc45)n3)ccc2c1. The second-order valence-electron chi connectivity index (χ2n) is 15.6. The van der Waals surface area contributed by atoms with Crippen LogP contribution in [0.4, 0.5) is 0 Å². The molecule has 60 heavy (non-hydrogen) atoms. The third-order valence-electron chi connectivity index (χ3n) is 12.1. The van der Waals surface area contributed by atoms with Crippen molar-refractivity contribution in [3.63, 3.8) is 0 Å². The lowest BCUT2D eigenvalue weighted by molar-refractivity contribution is 0.666. The number of para-hydroxylation sites is 2. The quantitative estimate of drug-likeness (QED) is 0.167. The summed E-state index contributed by atoms with van der Waals surface area (Å²) in [7, 11) is 0. The van der Waals surface area contributed by atoms with Crippen LogP contribution in [-0.4, -0.2) is 19.5 Å². The van der Waals surface area contributed by atoms with Gasteiger partial charge in [-0.1, -0.05) is 146 Å². The first-order valence-electron chi connectivity index (χ1n) is 20.3. The van der Waals surface area contributed by atoms with Crippen molar-refractivity contribution in [3.8, 4) is 39.9 Å². The van der Waals surface area contributed by atoms with Crippen LogP contribution in [0.25, 0.3) is 127 Å². The van der Waals surface area contributed by atoms with Crippen LogP contribution in [0.2, 0.25) is 0 Å². The molecule has 0 radical (unpaired) electrons. The van der Waals surface area contributed by atoms with Crippen LogP contribution in [0.15, 0.2) is 199 Å². The van der Waals surface area contributed by atoms with Crippen LogP contribution in [0.1, 0.15) is 0 Å². The minimum absolute atomic E-state index is 0.583. The van der Waals surface area contributed by atoms with Gasteiger partial charge in [-0.3, -0.25) is 0 Å². The molecule has 5 heteroatoms. The molecule has 0 atom stereocenters. The minimum atomic E-state index is 0.583. The van der Waals surface area contributed by atoms with Gasteiger partial charge in [-0.15, -0.1) is 0 Å². The third-order valence-corrected chi connectivity index (χ3v) is 12.1. The van der Waals surface area contributed by atoms with E-state index >= 15 is 0 Å². The summed E-state index contributed by atoms with van der Waals surface area (Å²) in [5, 5.41) is 13.6. The maximum absolute atomic E-state index is 6.83. The fraction of sp³-hybridized carbons (Fsp3) is 0. The van der Waals surface area contributed by atoms with E-state index < -0.39 is 0 Å². The Balaban J connectivity index is 1.14. The second-order valence-corrected chi connectivity index (χ2v) is 15.6. The average Bonchev–Trinajstić information content (AvgIpc) is 3.85. The van der Waals surface area contributed by atoms with Gasteiger partial charge in [-0.25, -0.2) is 15.0 Å². The van der Waals surface area contributed by atoms with Crippen LogP contribution < -0.4 is 0 Å². The van der Waals surface area contributed by atoms with Gasteiger partial charge in [0, 0.05) is 38.2 Å². The van der Waals surface area contributed by atoms with E-state index in [4.69, 9.17) is 19.4 Å². The second kappa shape index (κ2) is 12.7. The fourth-order valence-corrected chi connectivity index (χ4v) is 9.34. The highest BCUT2D eigenvalue weighted by Crippen LogP contribution is 2.42. The summed E-state index contributed by atoms with van der Waals surface area (Å²) >= 11 is 0. The number of hydrogen-bond acceptors (Lipinski definition) is 4. The largest absolute Gasteiger partial charge is 0.454 e. The average molecular weight is 765 g/mol. The summed E-state index contributed by atoms with van der Waals surface area (Å²) in [5.41, 5.74) is 7.50. The molecule has 278 valence electrons. The van der Waals surface area contributed by atoms with E-state index in [1.807, 2.05) is 12.1 Å². The van der Waals surface area contributed by atoms with E-state index in [-0.39, 0.29) is 0 Å². The van der Waals surface area contributed by atoms with Crippen molar-refractivity contribution >= 4 is 86.8 Å². The van der Waals surface area contributed by atoms with Crippen molar-refractivity contribution in [2.75, 3.05) is 0 Å². The molecule has 0 fully saturated rings. The van der Waals surface area contributed by atoms with Crippen LogP contribution in [-0.2, 0) is 0 Å². The first-order valence-corrected chi connectivity index (χ1v) is 20.3. The molecular weight excluding hydrogens is 733 g/mol. The van der Waals surface area contributed by atoms with Crippen molar-refractivity contribution in [3.05, 3.63) is 194 Å². The Kier molecular flexibility index (Phi) is 6.95. The molecule has 0 unspecified atom stereocenters. The molecule has 0 spiro atoms. The molecular formula is C55H32N4O. The van der Waals surface area contributed by atoms with Crippen LogP contribution in [0.3, 0.4) is 0 Å². The molecule has 0 aliphatic heterocycles. The molecule has 0 N–H and O–H groups in total. The molecule has 13 aromatic rings. The predicted octanol–water partition coefficient (Wildman–Crippen LogP) is 14.5. The van der Waals surface area contributed by atoms with Gasteiger partial charge < -0.3 is 8.98 Å². The normalized spacial score (nSPS) is 12.0. The predicted molar refractivity (Wildman–Crippen MR) is 248 cm³/mol. The Labute approximate surface area is 343 Å². The fourth-order valence-electron chi connectivity index (χ4n) is 9.34. The number of furan rings is 1. The Morgan fingerprint density at radius 1 is 0.333 bits per heavy atom. The molecule has 5 nitrogen and oxygen atoms in total. The lowest BCUT2D eigenvalue weighted by atomic mass is 9.96. The summed E-state index contributed by atoms with van der Waals surface area (Å²) in [6.45, 7) is 0. The molecule has 0 saturated carbocycles. The summed E-state index contributed by atoms with van der Waals surface area (Å²) < 4.78 is 9.18. The Morgan fingerprint density at radius 2 is 0.933 bits per heavy atom. The molecule has 13 rings (SSSR count). The van der Waals surface area contributed by atoms with E-state index in [0.29, 0.717) is 17.5 Å². The zero-order chi connectivity index (χ0) is 39.3. The summed E-state index contributed by atoms with van der Waals surface area (Å²) in [5.74, 6) is 1.81. The summed E-state index contributed by atoms with van der Waals surface area (Å²) in [6.07, 6.45) is 0. The Hall–Kier alpha value is -8.15. The number of benzene rings is 10. The first-order chi connectivity index (χ1) is 29.7. The molecule has 0 saturated heterocycles. The molecule has 0 aliphatic carbocycles. The van der Waals surface area contributed by atoms with E-state index in [9.17, 15) is 0 Å². The molecule has 10 aromatic carbocycles. The lowest BCUT2D eigenvalue weighted by Gasteiger charge is -2.14. The highest BCUT2D eigenvalue weighted by molar-refractivity contribution is 6.16. The third kappa shape index (κ3) is 4.96. The van der Waals surface area contributed by atoms with E-state index in [1.165, 1.54) is 26.9 Å². The molecule has 0 aliphatic rings. The standard InChI is InChI=1S/C55H32N4O/c1-2-14-34-27-38(26-25-33(34)13-1)53-56-54(58-55(57-53)47-29-37-17-5-6-18-40(37)41-19-7-8-20-42(41)47)39-30-46-44-22-10-12-24-51(44)60-52(46)50(32-39)59-48-23-11-9-21-43(48)45-28-35-15-3-4-16-36(35)31-49(45)59/h1-32H. The van der Waals surface area contributed by atoms with Crippen molar-refractivity contribution in [1.29, 1.82) is 0 Å². The van der Waals surface area contributed by atoms with E-state index in [1.54, 1.807) is 0 Å². The number of fused-ring (bicyclic) bond motifs is 11. The Morgan fingerprint density at radius 3 is 1.75 bits per heavy atom. The maximum Gasteiger partial charge on any atom is 0.164 e. The van der Waals surface area contributed by atoms with E-state index in [2.05, 4.69) is 187 Å². The van der Waals surface area contributed by atoms with Gasteiger partial charge in [0.2, 0.25) is 0 Å². The van der Waals surface area contributed by atoms with Crippen molar-refractivity contribution in [2.45, 2.75) is 0 Å². The zero-order valence-electron chi connectivity index (χ0n) is 32.2. The van der Waals surface area contributed by atoms with Crippen LogP contribution >= 0.6 is 0 Å². The van der Waals surface area contributed by atoms with Gasteiger partial charge in [0.1, 0.15) is 5.58 Å². The van der Waals surface area contributed by atoms with Crippen molar-refractivity contribution < 1.29 is 4.42 Å². The zero-order valence-corrected chi connectivity index (χ0v) is 32.2. The maximum atomic E-state index is 6.83. The number of aromatic nitrogens is 4. The highest BCUT2D eigenvalue weighted by atomic mass is 16.3. The highest BCUT2D eigenvalue weighted by Gasteiger charge is 2.22. The van der Waals surface area contributed by atoms with Gasteiger partial charge >= 0.3 is 0 Å². The topological polar surface area (TPSA) is 56.7 Å². The summed E-state index contributed by atoms with van der Waals surface area (Å²) in [6, 6.07) is 68.6. The molecule has 3 heterocycles. The molecule has 3 aromatic heterocycles. The van der Waals surface area contributed by atoms with E-state index in [0.717, 1.165) is 82.3 Å². The van der Waals surface area contributed by atoms with Gasteiger partial charge in [0.15, 0.2) is 23.1 Å². The number of hydrogen-bond donors (Lipinski definition) is 0. The monoisotopic (exact) mass is 764 g/mol.